The van der Waals surface area contributed by atoms with E-state index in [2.05, 4.69) is 10.0 Å². The normalized spacial score (nSPS) is 17.0. The van der Waals surface area contributed by atoms with Crippen molar-refractivity contribution in [2.45, 2.75) is 30.8 Å². The van der Waals surface area contributed by atoms with Crippen LogP contribution >= 0.6 is 0 Å². The van der Waals surface area contributed by atoms with Crippen LogP contribution in [0.3, 0.4) is 0 Å². The van der Waals surface area contributed by atoms with Crippen molar-refractivity contribution >= 4 is 21.7 Å². The summed E-state index contributed by atoms with van der Waals surface area (Å²) >= 11 is 0. The molecule has 0 aliphatic carbocycles. The zero-order valence-corrected chi connectivity index (χ0v) is 18.1. The van der Waals surface area contributed by atoms with Crippen LogP contribution in [0.25, 0.3) is 0 Å². The van der Waals surface area contributed by atoms with Gasteiger partial charge in [0.25, 0.3) is 0 Å². The highest BCUT2D eigenvalue weighted by molar-refractivity contribution is 7.89. The van der Waals surface area contributed by atoms with Crippen LogP contribution in [0.5, 0.6) is 0 Å². The average molecular weight is 476 g/mol. The maximum Gasteiger partial charge on any atom is 0.416 e. The first-order chi connectivity index (χ1) is 15.5. The minimum atomic E-state index is -4.61. The van der Waals surface area contributed by atoms with E-state index < -0.39 is 33.9 Å². The lowest BCUT2D eigenvalue weighted by molar-refractivity contribution is -0.137. The molecule has 4 rings (SSSR count). The summed E-state index contributed by atoms with van der Waals surface area (Å²) in [7, 11) is -4.04. The standard InChI is InChI=1S/C23H19F3N2O4S/c1-14-4-2-3-5-17(14)13-32-22(29)16-8-6-15(7-9-16)21-27-19-12-18(23(24,25)26)10-11-20(19)33(30,31)28-21/h2-12,21,27-28H,13H2,1H3/t21-/m0/s1. The molecule has 6 nitrogen and oxygen atoms in total. The SMILES string of the molecule is Cc1ccccc1COC(=O)c1ccc([C@H]2Nc3cc(C(F)(F)F)ccc3S(=O)(=O)N2)cc1. The lowest BCUT2D eigenvalue weighted by Crippen LogP contribution is -2.38. The molecule has 2 N–H and O–H groups in total. The fourth-order valence-electron chi connectivity index (χ4n) is 3.42. The Morgan fingerprint density at radius 2 is 1.73 bits per heavy atom. The van der Waals surface area contributed by atoms with Crippen LogP contribution in [0.2, 0.25) is 0 Å². The number of sulfonamides is 1. The predicted molar refractivity (Wildman–Crippen MR) is 115 cm³/mol. The van der Waals surface area contributed by atoms with E-state index in [9.17, 15) is 26.4 Å². The summed E-state index contributed by atoms with van der Waals surface area (Å²) in [5.41, 5.74) is 1.42. The molecule has 0 saturated carbocycles. The maximum atomic E-state index is 13.0. The molecular weight excluding hydrogens is 457 g/mol. The van der Waals surface area contributed by atoms with E-state index in [0.29, 0.717) is 5.56 Å². The Morgan fingerprint density at radius 1 is 1.03 bits per heavy atom. The molecule has 3 aromatic carbocycles. The Kier molecular flexibility index (Phi) is 5.89. The number of carbonyl (C=O) groups is 1. The van der Waals surface area contributed by atoms with E-state index in [0.717, 1.165) is 29.3 Å². The van der Waals surface area contributed by atoms with Crippen molar-refractivity contribution in [3.05, 3.63) is 94.5 Å². The Bertz CT molecular complexity index is 1310. The highest BCUT2D eigenvalue weighted by Crippen LogP contribution is 2.37. The van der Waals surface area contributed by atoms with Crippen molar-refractivity contribution in [1.29, 1.82) is 0 Å². The fraction of sp³-hybridized carbons (Fsp3) is 0.174. The van der Waals surface area contributed by atoms with Gasteiger partial charge in [0.2, 0.25) is 10.0 Å². The summed E-state index contributed by atoms with van der Waals surface area (Å²) in [6.07, 6.45) is -5.62. The van der Waals surface area contributed by atoms with Crippen LogP contribution < -0.4 is 10.0 Å². The summed E-state index contributed by atoms with van der Waals surface area (Å²) in [6.45, 7) is 2.02. The van der Waals surface area contributed by atoms with Gasteiger partial charge in [-0.05, 0) is 53.9 Å². The number of alkyl halides is 3. The first-order valence-electron chi connectivity index (χ1n) is 9.86. The Hall–Kier alpha value is -3.37. The molecule has 10 heteroatoms. The van der Waals surface area contributed by atoms with Gasteiger partial charge < -0.3 is 10.1 Å². The van der Waals surface area contributed by atoms with Gasteiger partial charge in [0.1, 0.15) is 17.7 Å². The number of hydrogen-bond donors (Lipinski definition) is 2. The lowest BCUT2D eigenvalue weighted by atomic mass is 10.1. The molecule has 0 bridgehead atoms. The molecule has 1 aliphatic rings. The van der Waals surface area contributed by atoms with E-state index >= 15 is 0 Å². The van der Waals surface area contributed by atoms with Crippen molar-refractivity contribution in [3.8, 4) is 0 Å². The van der Waals surface area contributed by atoms with Gasteiger partial charge in [0, 0.05) is 0 Å². The number of rotatable bonds is 4. The van der Waals surface area contributed by atoms with E-state index in [4.69, 9.17) is 4.74 Å². The zero-order chi connectivity index (χ0) is 23.8. The number of carbonyl (C=O) groups excluding carboxylic acids is 1. The molecule has 0 aromatic heterocycles. The third kappa shape index (κ3) is 4.86. The van der Waals surface area contributed by atoms with Crippen LogP contribution in [-0.4, -0.2) is 14.4 Å². The number of anilines is 1. The number of hydrogen-bond acceptors (Lipinski definition) is 5. The number of esters is 1. The van der Waals surface area contributed by atoms with Crippen LogP contribution in [-0.2, 0) is 27.5 Å². The number of benzene rings is 3. The minimum absolute atomic E-state index is 0.107. The fourth-order valence-corrected chi connectivity index (χ4v) is 4.71. The summed E-state index contributed by atoms with van der Waals surface area (Å²) in [6, 6.07) is 15.8. The zero-order valence-electron chi connectivity index (χ0n) is 17.3. The molecule has 0 spiro atoms. The van der Waals surface area contributed by atoms with E-state index in [-0.39, 0.29) is 22.8 Å². The largest absolute Gasteiger partial charge is 0.457 e. The third-order valence-electron chi connectivity index (χ3n) is 5.27. The molecule has 0 radical (unpaired) electrons. The van der Waals surface area contributed by atoms with E-state index in [1.165, 1.54) is 24.3 Å². The van der Waals surface area contributed by atoms with Crippen LogP contribution in [0.1, 0.15) is 38.8 Å². The Balaban J connectivity index is 1.51. The van der Waals surface area contributed by atoms with Crippen molar-refractivity contribution in [1.82, 2.24) is 4.72 Å². The summed E-state index contributed by atoms with van der Waals surface area (Å²) in [5, 5.41) is 2.78. The Morgan fingerprint density at radius 3 is 2.39 bits per heavy atom. The second-order valence-corrected chi connectivity index (χ2v) is 9.21. The molecule has 172 valence electrons. The molecule has 1 atom stereocenters. The lowest BCUT2D eigenvalue weighted by Gasteiger charge is -2.29. The molecule has 0 fully saturated rings. The highest BCUT2D eigenvalue weighted by atomic mass is 32.2. The highest BCUT2D eigenvalue weighted by Gasteiger charge is 2.35. The quantitative estimate of drug-likeness (QED) is 0.530. The van der Waals surface area contributed by atoms with E-state index in [1.54, 1.807) is 0 Å². The summed E-state index contributed by atoms with van der Waals surface area (Å²) < 4.78 is 71.9. The van der Waals surface area contributed by atoms with Crippen LogP contribution in [0.15, 0.2) is 71.6 Å². The number of ether oxygens (including phenoxy) is 1. The van der Waals surface area contributed by atoms with Gasteiger partial charge in [-0.15, -0.1) is 0 Å². The van der Waals surface area contributed by atoms with Crippen molar-refractivity contribution in [2.75, 3.05) is 5.32 Å². The molecular formula is C23H19F3N2O4S. The van der Waals surface area contributed by atoms with Crippen LogP contribution in [0.4, 0.5) is 18.9 Å². The molecule has 0 unspecified atom stereocenters. The first-order valence-corrected chi connectivity index (χ1v) is 11.3. The van der Waals surface area contributed by atoms with Crippen molar-refractivity contribution in [3.63, 3.8) is 0 Å². The van der Waals surface area contributed by atoms with Gasteiger partial charge in [0.15, 0.2) is 0 Å². The maximum absolute atomic E-state index is 13.0. The molecule has 1 heterocycles. The van der Waals surface area contributed by atoms with Gasteiger partial charge >= 0.3 is 12.1 Å². The second-order valence-electron chi connectivity index (χ2n) is 7.53. The molecule has 0 amide bonds. The summed E-state index contributed by atoms with van der Waals surface area (Å²) in [4.78, 5) is 12.1. The number of halogens is 3. The van der Waals surface area contributed by atoms with Gasteiger partial charge in [-0.3, -0.25) is 0 Å². The predicted octanol–water partition coefficient (Wildman–Crippen LogP) is 4.77. The summed E-state index contributed by atoms with van der Waals surface area (Å²) in [5.74, 6) is -0.554. The third-order valence-corrected chi connectivity index (χ3v) is 6.75. The van der Waals surface area contributed by atoms with Crippen molar-refractivity contribution in [2.24, 2.45) is 0 Å². The van der Waals surface area contributed by atoms with Crippen molar-refractivity contribution < 1.29 is 31.1 Å². The van der Waals surface area contributed by atoms with E-state index in [1.807, 2.05) is 31.2 Å². The molecule has 0 saturated heterocycles. The first kappa shape index (κ1) is 22.8. The van der Waals surface area contributed by atoms with Gasteiger partial charge in [0.05, 0.1) is 16.8 Å². The molecule has 1 aliphatic heterocycles. The number of nitrogens with one attached hydrogen (secondary N) is 2. The Labute approximate surface area is 188 Å². The topological polar surface area (TPSA) is 84.5 Å². The number of fused-ring (bicyclic) bond motifs is 1. The molecule has 3 aromatic rings. The van der Waals surface area contributed by atoms with Gasteiger partial charge in [-0.25, -0.2) is 13.2 Å². The minimum Gasteiger partial charge on any atom is -0.457 e. The average Bonchev–Trinajstić information content (AvgIpc) is 2.77. The second kappa shape index (κ2) is 8.53. The monoisotopic (exact) mass is 476 g/mol. The number of aryl methyl sites for hydroxylation is 1. The van der Waals surface area contributed by atoms with Crippen LogP contribution in [0, 0.1) is 6.92 Å². The van der Waals surface area contributed by atoms with Gasteiger partial charge in [-0.1, -0.05) is 36.4 Å². The smallest absolute Gasteiger partial charge is 0.416 e. The molecule has 33 heavy (non-hydrogen) atoms. The van der Waals surface area contributed by atoms with Gasteiger partial charge in [-0.2, -0.15) is 17.9 Å².